The zero-order valence-electron chi connectivity index (χ0n) is 17.7. The highest BCUT2D eigenvalue weighted by molar-refractivity contribution is 7.89. The molecule has 0 aliphatic carbocycles. The molecule has 162 valence electrons. The van der Waals surface area contributed by atoms with Crippen LogP contribution in [0.2, 0.25) is 0 Å². The lowest BCUT2D eigenvalue weighted by atomic mass is 10.1. The molecule has 0 bridgehead atoms. The molecule has 2 N–H and O–H groups in total. The van der Waals surface area contributed by atoms with Gasteiger partial charge in [0.25, 0.3) is 5.91 Å². The number of Topliss-reactive ketones (excluding diaryl/α,β-unsaturated/α-hetero) is 1. The minimum Gasteiger partial charge on any atom is -0.495 e. The van der Waals surface area contributed by atoms with Gasteiger partial charge in [0.05, 0.1) is 7.11 Å². The van der Waals surface area contributed by atoms with Gasteiger partial charge in [-0.15, -0.1) is 0 Å². The Balaban J connectivity index is 1.93. The van der Waals surface area contributed by atoms with E-state index in [4.69, 9.17) is 4.74 Å². The number of nitrogens with one attached hydrogen (secondary N) is 2. The number of rotatable bonds is 6. The number of hydrogen-bond acceptors (Lipinski definition) is 5. The summed E-state index contributed by atoms with van der Waals surface area (Å²) in [6.45, 7) is 5.83. The number of ether oxygens (including phenoxy) is 1. The molecule has 0 radical (unpaired) electrons. The van der Waals surface area contributed by atoms with Gasteiger partial charge >= 0.3 is 0 Å². The van der Waals surface area contributed by atoms with Gasteiger partial charge in [0.15, 0.2) is 5.78 Å². The van der Waals surface area contributed by atoms with Crippen LogP contribution in [0.1, 0.15) is 58.3 Å². The number of anilines is 1. The van der Waals surface area contributed by atoms with Gasteiger partial charge in [0.2, 0.25) is 10.0 Å². The molecule has 2 heterocycles. The minimum absolute atomic E-state index is 0.0218. The highest BCUT2D eigenvalue weighted by Crippen LogP contribution is 2.31. The molecule has 2 aromatic rings. The molecule has 9 heteroatoms. The molecule has 1 aliphatic heterocycles. The van der Waals surface area contributed by atoms with E-state index in [1.54, 1.807) is 19.9 Å². The van der Waals surface area contributed by atoms with E-state index >= 15 is 0 Å². The lowest BCUT2D eigenvalue weighted by Gasteiger charge is -2.26. The number of hydrogen-bond donors (Lipinski definition) is 2. The summed E-state index contributed by atoms with van der Waals surface area (Å²) >= 11 is 0. The Kier molecular flexibility index (Phi) is 6.33. The first-order valence-corrected chi connectivity index (χ1v) is 11.3. The van der Waals surface area contributed by atoms with Crippen molar-refractivity contribution < 1.29 is 22.7 Å². The summed E-state index contributed by atoms with van der Waals surface area (Å²) in [4.78, 5) is 27.6. The number of benzene rings is 1. The van der Waals surface area contributed by atoms with Gasteiger partial charge in [-0.25, -0.2) is 8.42 Å². The van der Waals surface area contributed by atoms with E-state index in [-0.39, 0.29) is 22.1 Å². The Morgan fingerprint density at radius 3 is 2.37 bits per heavy atom. The van der Waals surface area contributed by atoms with Crippen molar-refractivity contribution in [2.45, 2.75) is 44.9 Å². The van der Waals surface area contributed by atoms with Crippen LogP contribution in [-0.4, -0.2) is 49.6 Å². The average Bonchev–Trinajstić information content (AvgIpc) is 3.02. The highest BCUT2D eigenvalue weighted by Gasteiger charge is 2.29. The minimum atomic E-state index is -3.75. The molecule has 1 saturated heterocycles. The summed E-state index contributed by atoms with van der Waals surface area (Å²) in [5.41, 5.74) is 2.27. The van der Waals surface area contributed by atoms with Crippen molar-refractivity contribution >= 4 is 27.4 Å². The largest absolute Gasteiger partial charge is 0.495 e. The van der Waals surface area contributed by atoms with E-state index in [9.17, 15) is 18.0 Å². The number of H-pyrrole nitrogens is 1. The molecule has 1 aromatic carbocycles. The summed E-state index contributed by atoms with van der Waals surface area (Å²) < 4.78 is 33.0. The summed E-state index contributed by atoms with van der Waals surface area (Å²) in [7, 11) is -2.33. The molecule has 1 aliphatic rings. The van der Waals surface area contributed by atoms with Crippen molar-refractivity contribution in [1.29, 1.82) is 0 Å². The Hall–Kier alpha value is -2.65. The number of sulfonamides is 1. The van der Waals surface area contributed by atoms with Gasteiger partial charge in [-0.3, -0.25) is 9.59 Å². The molecule has 0 atom stereocenters. The van der Waals surface area contributed by atoms with Crippen LogP contribution >= 0.6 is 0 Å². The lowest BCUT2D eigenvalue weighted by Crippen LogP contribution is -2.35. The molecule has 1 aromatic heterocycles. The van der Waals surface area contributed by atoms with Crippen LogP contribution in [0, 0.1) is 13.8 Å². The van der Waals surface area contributed by atoms with Crippen molar-refractivity contribution in [1.82, 2.24) is 9.29 Å². The average molecular weight is 434 g/mol. The number of methoxy groups -OCH3 is 1. The maximum Gasteiger partial charge on any atom is 0.272 e. The topological polar surface area (TPSA) is 109 Å². The van der Waals surface area contributed by atoms with Gasteiger partial charge in [0, 0.05) is 30.0 Å². The van der Waals surface area contributed by atoms with Crippen molar-refractivity contribution in [3.05, 3.63) is 40.7 Å². The number of amides is 1. The van der Waals surface area contributed by atoms with Crippen LogP contribution in [0.5, 0.6) is 5.75 Å². The Labute approximate surface area is 176 Å². The SMILES string of the molecule is COc1ccc(NC(=O)c2[nH]c(C)c(C(C)=O)c2C)cc1S(=O)(=O)N1CCCCC1. The maximum atomic E-state index is 13.1. The molecule has 0 unspecified atom stereocenters. The van der Waals surface area contributed by atoms with E-state index < -0.39 is 15.9 Å². The summed E-state index contributed by atoms with van der Waals surface area (Å²) in [5, 5.41) is 2.73. The van der Waals surface area contributed by atoms with Crippen LogP contribution in [-0.2, 0) is 10.0 Å². The summed E-state index contributed by atoms with van der Waals surface area (Å²) in [6.07, 6.45) is 2.65. The first-order chi connectivity index (χ1) is 14.2. The van der Waals surface area contributed by atoms with E-state index in [0.29, 0.717) is 35.6 Å². The Bertz CT molecular complexity index is 1080. The summed E-state index contributed by atoms with van der Waals surface area (Å²) in [6, 6.07) is 4.53. The Morgan fingerprint density at radius 2 is 1.80 bits per heavy atom. The molecule has 0 spiro atoms. The molecule has 3 rings (SSSR count). The maximum absolute atomic E-state index is 13.1. The number of aryl methyl sites for hydroxylation is 1. The first kappa shape index (κ1) is 22.0. The molecule has 0 saturated carbocycles. The third-order valence-corrected chi connectivity index (χ3v) is 7.29. The lowest BCUT2D eigenvalue weighted by molar-refractivity contribution is 0.101. The van der Waals surface area contributed by atoms with E-state index in [0.717, 1.165) is 19.3 Å². The second-order valence-electron chi connectivity index (χ2n) is 7.47. The molecule has 1 fully saturated rings. The normalized spacial score (nSPS) is 15.1. The van der Waals surface area contributed by atoms with Crippen LogP contribution in [0.4, 0.5) is 5.69 Å². The fraction of sp³-hybridized carbons (Fsp3) is 0.429. The molecular weight excluding hydrogens is 406 g/mol. The summed E-state index contributed by atoms with van der Waals surface area (Å²) in [5.74, 6) is -0.349. The first-order valence-electron chi connectivity index (χ1n) is 9.86. The standard InChI is InChI=1S/C21H27N3O5S/c1-13-19(15(3)25)14(2)22-20(13)21(26)23-16-8-9-17(29-4)18(12-16)30(27,28)24-10-6-5-7-11-24/h8-9,12,22H,5-7,10-11H2,1-4H3,(H,23,26). The zero-order chi connectivity index (χ0) is 22.1. The van der Waals surface area contributed by atoms with Gasteiger partial charge in [-0.05, 0) is 57.4 Å². The van der Waals surface area contributed by atoms with Gasteiger partial charge in [0.1, 0.15) is 16.3 Å². The van der Waals surface area contributed by atoms with Crippen molar-refractivity contribution in [3.8, 4) is 5.75 Å². The van der Waals surface area contributed by atoms with Crippen LogP contribution in [0.25, 0.3) is 0 Å². The van der Waals surface area contributed by atoms with E-state index in [1.807, 2.05) is 0 Å². The third kappa shape index (κ3) is 4.13. The Morgan fingerprint density at radius 1 is 1.13 bits per heavy atom. The van der Waals surface area contributed by atoms with Crippen molar-refractivity contribution in [2.24, 2.45) is 0 Å². The third-order valence-electron chi connectivity index (χ3n) is 5.37. The number of nitrogens with zero attached hydrogens (tertiary/aromatic N) is 1. The van der Waals surface area contributed by atoms with Crippen LogP contribution < -0.4 is 10.1 Å². The molecule has 1 amide bonds. The second-order valence-corrected chi connectivity index (χ2v) is 9.37. The molecular formula is C21H27N3O5S. The number of carbonyl (C=O) groups is 2. The van der Waals surface area contributed by atoms with E-state index in [2.05, 4.69) is 10.3 Å². The predicted octanol–water partition coefficient (Wildman–Crippen LogP) is 3.27. The fourth-order valence-electron chi connectivity index (χ4n) is 3.90. The number of aromatic nitrogens is 1. The number of ketones is 1. The number of aromatic amines is 1. The van der Waals surface area contributed by atoms with E-state index in [1.165, 1.54) is 30.5 Å². The zero-order valence-corrected chi connectivity index (χ0v) is 18.5. The van der Waals surface area contributed by atoms with Crippen LogP contribution in [0.3, 0.4) is 0 Å². The predicted molar refractivity (Wildman–Crippen MR) is 114 cm³/mol. The quantitative estimate of drug-likeness (QED) is 0.680. The monoisotopic (exact) mass is 433 g/mol. The van der Waals surface area contributed by atoms with Gasteiger partial charge in [-0.2, -0.15) is 4.31 Å². The second kappa shape index (κ2) is 8.61. The fourth-order valence-corrected chi connectivity index (χ4v) is 5.60. The van der Waals surface area contributed by atoms with Crippen molar-refractivity contribution in [2.75, 3.05) is 25.5 Å². The number of carbonyl (C=O) groups excluding carboxylic acids is 2. The van der Waals surface area contributed by atoms with Crippen LogP contribution in [0.15, 0.2) is 23.1 Å². The van der Waals surface area contributed by atoms with Gasteiger partial charge in [-0.1, -0.05) is 6.42 Å². The highest BCUT2D eigenvalue weighted by atomic mass is 32.2. The van der Waals surface area contributed by atoms with Crippen molar-refractivity contribution in [3.63, 3.8) is 0 Å². The molecule has 8 nitrogen and oxygen atoms in total. The molecule has 30 heavy (non-hydrogen) atoms. The number of piperidine rings is 1. The smallest absolute Gasteiger partial charge is 0.272 e. The van der Waals surface area contributed by atoms with Gasteiger partial charge < -0.3 is 15.0 Å².